The highest BCUT2D eigenvalue weighted by Gasteiger charge is 2.15. The van der Waals surface area contributed by atoms with Crippen LogP contribution < -0.4 is 16.0 Å². The van der Waals surface area contributed by atoms with Crippen molar-refractivity contribution in [2.24, 2.45) is 0 Å². The molecular weight excluding hydrogens is 298 g/mol. The molecule has 4 N–H and O–H groups in total. The van der Waals surface area contributed by atoms with Crippen LogP contribution in [0.5, 0.6) is 5.75 Å². The number of amides is 3. The Morgan fingerprint density at radius 1 is 1.00 bits per heavy atom. The van der Waals surface area contributed by atoms with Gasteiger partial charge in [-0.3, -0.25) is 0 Å². The van der Waals surface area contributed by atoms with E-state index in [9.17, 15) is 14.7 Å². The van der Waals surface area contributed by atoms with Crippen LogP contribution in [0.3, 0.4) is 0 Å². The predicted molar refractivity (Wildman–Crippen MR) is 87.4 cm³/mol. The molecule has 0 radical (unpaired) electrons. The fourth-order valence-electron chi connectivity index (χ4n) is 1.70. The van der Waals surface area contributed by atoms with E-state index < -0.39 is 11.7 Å². The molecule has 23 heavy (non-hydrogen) atoms. The lowest BCUT2D eigenvalue weighted by molar-refractivity contribution is 0.0528. The Balaban J connectivity index is 2.08. The van der Waals surface area contributed by atoms with Crippen LogP contribution in [0, 0.1) is 0 Å². The quantitative estimate of drug-likeness (QED) is 0.599. The van der Waals surface area contributed by atoms with E-state index in [1.165, 1.54) is 0 Å². The smallest absolute Gasteiger partial charge is 0.407 e. The van der Waals surface area contributed by atoms with Gasteiger partial charge in [0.1, 0.15) is 11.4 Å². The Morgan fingerprint density at radius 3 is 2.17 bits per heavy atom. The van der Waals surface area contributed by atoms with Gasteiger partial charge < -0.3 is 25.8 Å². The normalized spacial score (nSPS) is 10.7. The summed E-state index contributed by atoms with van der Waals surface area (Å²) in [5, 5.41) is 17.1. The fraction of sp³-hybridized carbons (Fsp3) is 0.500. The number of urea groups is 1. The molecule has 0 heterocycles. The monoisotopic (exact) mass is 323 g/mol. The third-order valence-electron chi connectivity index (χ3n) is 2.71. The Labute approximate surface area is 136 Å². The molecule has 0 saturated heterocycles. The molecule has 7 nitrogen and oxygen atoms in total. The number of hydrogen-bond donors (Lipinski definition) is 4. The van der Waals surface area contributed by atoms with Crippen molar-refractivity contribution >= 4 is 12.1 Å². The summed E-state index contributed by atoms with van der Waals surface area (Å²) in [4.78, 5) is 22.9. The van der Waals surface area contributed by atoms with E-state index in [1.807, 2.05) is 0 Å². The number of ether oxygens (including phenoxy) is 1. The highest BCUT2D eigenvalue weighted by molar-refractivity contribution is 5.74. The second-order valence-electron chi connectivity index (χ2n) is 6.03. The van der Waals surface area contributed by atoms with Crippen LogP contribution >= 0.6 is 0 Å². The lowest BCUT2D eigenvalue weighted by Crippen LogP contribution is -2.41. The van der Waals surface area contributed by atoms with Crippen LogP contribution in [-0.2, 0) is 11.2 Å². The van der Waals surface area contributed by atoms with Gasteiger partial charge in [-0.1, -0.05) is 12.1 Å². The zero-order valence-electron chi connectivity index (χ0n) is 13.8. The molecule has 1 aromatic rings. The zero-order chi connectivity index (χ0) is 17.3. The minimum absolute atomic E-state index is 0.219. The van der Waals surface area contributed by atoms with Gasteiger partial charge in [0.2, 0.25) is 0 Å². The summed E-state index contributed by atoms with van der Waals surface area (Å²) in [5.74, 6) is 0.219. The summed E-state index contributed by atoms with van der Waals surface area (Å²) < 4.78 is 5.07. The van der Waals surface area contributed by atoms with E-state index in [0.717, 1.165) is 5.56 Å². The van der Waals surface area contributed by atoms with E-state index >= 15 is 0 Å². The SMILES string of the molecule is CC(C)(C)OC(=O)NCCNC(=O)NCCc1ccc(O)cc1. The number of aromatic hydroxyl groups is 1. The molecule has 0 atom stereocenters. The van der Waals surface area contributed by atoms with Crippen LogP contribution in [-0.4, -0.2) is 42.5 Å². The lowest BCUT2D eigenvalue weighted by atomic mass is 10.1. The van der Waals surface area contributed by atoms with Crippen LogP contribution in [0.1, 0.15) is 26.3 Å². The molecule has 0 aliphatic rings. The summed E-state index contributed by atoms with van der Waals surface area (Å²) in [6.07, 6.45) is 0.163. The van der Waals surface area contributed by atoms with Gasteiger partial charge in [0.05, 0.1) is 0 Å². The molecule has 0 fully saturated rings. The summed E-state index contributed by atoms with van der Waals surface area (Å²) in [7, 11) is 0. The third-order valence-corrected chi connectivity index (χ3v) is 2.71. The van der Waals surface area contributed by atoms with Gasteiger partial charge in [-0.15, -0.1) is 0 Å². The maximum absolute atomic E-state index is 11.6. The molecule has 0 aromatic heterocycles. The van der Waals surface area contributed by atoms with E-state index in [4.69, 9.17) is 4.74 Å². The average molecular weight is 323 g/mol. The molecule has 3 amide bonds. The fourth-order valence-corrected chi connectivity index (χ4v) is 1.70. The highest BCUT2D eigenvalue weighted by atomic mass is 16.6. The minimum atomic E-state index is -0.539. The molecule has 0 saturated carbocycles. The molecule has 0 bridgehead atoms. The number of phenolic OH excluding ortho intramolecular Hbond substituents is 1. The molecule has 0 aliphatic heterocycles. The maximum Gasteiger partial charge on any atom is 0.407 e. The van der Waals surface area contributed by atoms with Gasteiger partial charge in [0, 0.05) is 19.6 Å². The molecule has 7 heteroatoms. The predicted octanol–water partition coefficient (Wildman–Crippen LogP) is 1.76. The van der Waals surface area contributed by atoms with Gasteiger partial charge in [-0.05, 0) is 44.9 Å². The summed E-state index contributed by atoms with van der Waals surface area (Å²) in [6.45, 7) is 6.44. The number of carbonyl (C=O) groups is 2. The van der Waals surface area contributed by atoms with Gasteiger partial charge >= 0.3 is 12.1 Å². The second kappa shape index (κ2) is 8.87. The standard InChI is InChI=1S/C16H25N3O4/c1-16(2,3)23-15(22)19-11-10-18-14(21)17-9-8-12-4-6-13(20)7-5-12/h4-7,20H,8-11H2,1-3H3,(H,19,22)(H2,17,18,21). The Bertz CT molecular complexity index is 509. The van der Waals surface area contributed by atoms with Crippen molar-refractivity contribution < 1.29 is 19.4 Å². The van der Waals surface area contributed by atoms with Crippen molar-refractivity contribution in [1.29, 1.82) is 0 Å². The van der Waals surface area contributed by atoms with Crippen LogP contribution in [0.2, 0.25) is 0 Å². The van der Waals surface area contributed by atoms with Crippen molar-refractivity contribution in [3.63, 3.8) is 0 Å². The van der Waals surface area contributed by atoms with Crippen LogP contribution in [0.4, 0.5) is 9.59 Å². The molecule has 0 unspecified atom stereocenters. The second-order valence-corrected chi connectivity index (χ2v) is 6.03. The lowest BCUT2D eigenvalue weighted by Gasteiger charge is -2.19. The maximum atomic E-state index is 11.6. The van der Waals surface area contributed by atoms with Crippen molar-refractivity contribution in [2.45, 2.75) is 32.8 Å². The van der Waals surface area contributed by atoms with E-state index in [-0.39, 0.29) is 11.8 Å². The van der Waals surface area contributed by atoms with Crippen molar-refractivity contribution in [3.8, 4) is 5.75 Å². The number of nitrogens with one attached hydrogen (secondary N) is 3. The van der Waals surface area contributed by atoms with Crippen molar-refractivity contribution in [2.75, 3.05) is 19.6 Å². The highest BCUT2D eigenvalue weighted by Crippen LogP contribution is 2.09. The largest absolute Gasteiger partial charge is 0.508 e. The van der Waals surface area contributed by atoms with Crippen LogP contribution in [0.25, 0.3) is 0 Å². The first-order valence-corrected chi connectivity index (χ1v) is 7.53. The first-order valence-electron chi connectivity index (χ1n) is 7.53. The number of alkyl carbamates (subject to hydrolysis) is 1. The topological polar surface area (TPSA) is 99.7 Å². The zero-order valence-corrected chi connectivity index (χ0v) is 13.8. The first kappa shape index (κ1) is 18.6. The number of phenols is 1. The molecule has 0 spiro atoms. The minimum Gasteiger partial charge on any atom is -0.508 e. The molecule has 128 valence electrons. The summed E-state index contributed by atoms with van der Waals surface area (Å²) in [5.41, 5.74) is 0.484. The van der Waals surface area contributed by atoms with Crippen molar-refractivity contribution in [1.82, 2.24) is 16.0 Å². The van der Waals surface area contributed by atoms with Crippen LogP contribution in [0.15, 0.2) is 24.3 Å². The van der Waals surface area contributed by atoms with E-state index in [0.29, 0.717) is 26.1 Å². The van der Waals surface area contributed by atoms with Crippen molar-refractivity contribution in [3.05, 3.63) is 29.8 Å². The number of carbonyl (C=O) groups excluding carboxylic acids is 2. The number of hydrogen-bond acceptors (Lipinski definition) is 4. The van der Waals surface area contributed by atoms with E-state index in [1.54, 1.807) is 45.0 Å². The number of benzene rings is 1. The molecular formula is C16H25N3O4. The Kier molecular flexibility index (Phi) is 7.18. The molecule has 1 rings (SSSR count). The van der Waals surface area contributed by atoms with Gasteiger partial charge in [0.25, 0.3) is 0 Å². The van der Waals surface area contributed by atoms with Gasteiger partial charge in [-0.25, -0.2) is 9.59 Å². The molecule has 1 aromatic carbocycles. The third kappa shape index (κ3) is 9.23. The van der Waals surface area contributed by atoms with E-state index in [2.05, 4.69) is 16.0 Å². The summed E-state index contributed by atoms with van der Waals surface area (Å²) in [6, 6.07) is 6.53. The Morgan fingerprint density at radius 2 is 1.57 bits per heavy atom. The average Bonchev–Trinajstić information content (AvgIpc) is 2.44. The van der Waals surface area contributed by atoms with Gasteiger partial charge in [0.15, 0.2) is 0 Å². The number of rotatable bonds is 6. The first-order chi connectivity index (χ1) is 10.8. The van der Waals surface area contributed by atoms with Gasteiger partial charge in [-0.2, -0.15) is 0 Å². The molecule has 0 aliphatic carbocycles. The Hall–Kier alpha value is -2.44. The summed E-state index contributed by atoms with van der Waals surface area (Å²) >= 11 is 0.